The van der Waals surface area contributed by atoms with Crippen LogP contribution >= 0.6 is 0 Å². The summed E-state index contributed by atoms with van der Waals surface area (Å²) in [5.74, 6) is 0.911. The number of ether oxygens (including phenoxy) is 1. The molecule has 0 unspecified atom stereocenters. The molecule has 0 heterocycles. The van der Waals surface area contributed by atoms with Gasteiger partial charge >= 0.3 is 0 Å². The summed E-state index contributed by atoms with van der Waals surface area (Å²) in [5, 5.41) is 5.37. The van der Waals surface area contributed by atoms with E-state index in [4.69, 9.17) is 4.74 Å². The number of hydrogen-bond donors (Lipinski definition) is 1. The normalized spacial score (nSPS) is 14.8. The number of fused-ring (bicyclic) bond motifs is 1. The molecule has 132 valence electrons. The second-order valence-corrected chi connectivity index (χ2v) is 7.14. The third kappa shape index (κ3) is 2.94. The van der Waals surface area contributed by atoms with Crippen LogP contribution in [0, 0.1) is 0 Å². The van der Waals surface area contributed by atoms with E-state index >= 15 is 0 Å². The van der Waals surface area contributed by atoms with Crippen LogP contribution in [0.3, 0.4) is 0 Å². The van der Waals surface area contributed by atoms with E-state index in [-0.39, 0.29) is 11.3 Å². The summed E-state index contributed by atoms with van der Waals surface area (Å²) in [5.41, 5.74) is 3.71. The molecule has 1 aliphatic carbocycles. The highest BCUT2D eigenvalue weighted by atomic mass is 16.5. The van der Waals surface area contributed by atoms with Gasteiger partial charge in [0.15, 0.2) is 0 Å². The van der Waals surface area contributed by atoms with Gasteiger partial charge < -0.3 is 10.1 Å². The fourth-order valence-electron chi connectivity index (χ4n) is 3.76. The summed E-state index contributed by atoms with van der Waals surface area (Å²) in [6.45, 7) is 2.27. The monoisotopic (exact) mass is 345 g/mol. The Morgan fingerprint density at radius 3 is 2.42 bits per heavy atom. The first-order valence-electron chi connectivity index (χ1n) is 9.04. The molecule has 1 N–H and O–H groups in total. The van der Waals surface area contributed by atoms with Gasteiger partial charge in [0.1, 0.15) is 5.75 Å². The van der Waals surface area contributed by atoms with Crippen LogP contribution in [0.2, 0.25) is 0 Å². The van der Waals surface area contributed by atoms with Gasteiger partial charge in [-0.15, -0.1) is 0 Å². The van der Waals surface area contributed by atoms with Crippen LogP contribution in [0.4, 0.5) is 0 Å². The van der Waals surface area contributed by atoms with E-state index in [9.17, 15) is 4.79 Å². The Morgan fingerprint density at radius 2 is 1.77 bits per heavy atom. The van der Waals surface area contributed by atoms with Gasteiger partial charge in [-0.2, -0.15) is 0 Å². The molecule has 1 saturated carbocycles. The number of methoxy groups -OCH3 is 1. The predicted octanol–water partition coefficient (Wildman–Crippen LogP) is 4.68. The third-order valence-electron chi connectivity index (χ3n) is 5.38. The van der Waals surface area contributed by atoms with Gasteiger partial charge in [0.2, 0.25) is 5.91 Å². The SMILES string of the molecule is COc1cccc2c(C3(CNC(C)=O)CC3)cc(-c3ccccc3)cc12. The maximum Gasteiger partial charge on any atom is 0.216 e. The van der Waals surface area contributed by atoms with E-state index < -0.39 is 0 Å². The van der Waals surface area contributed by atoms with Gasteiger partial charge in [0.25, 0.3) is 0 Å². The number of hydrogen-bond acceptors (Lipinski definition) is 2. The third-order valence-corrected chi connectivity index (χ3v) is 5.38. The van der Waals surface area contributed by atoms with Gasteiger partial charge in [-0.05, 0) is 53.1 Å². The zero-order valence-corrected chi connectivity index (χ0v) is 15.2. The molecule has 1 amide bonds. The van der Waals surface area contributed by atoms with Crippen molar-refractivity contribution in [3.05, 3.63) is 66.2 Å². The predicted molar refractivity (Wildman–Crippen MR) is 106 cm³/mol. The van der Waals surface area contributed by atoms with E-state index in [1.807, 2.05) is 18.2 Å². The van der Waals surface area contributed by atoms with E-state index in [0.29, 0.717) is 6.54 Å². The fourth-order valence-corrected chi connectivity index (χ4v) is 3.76. The molecular formula is C23H23NO2. The Hall–Kier alpha value is -2.81. The van der Waals surface area contributed by atoms with Crippen molar-refractivity contribution in [1.29, 1.82) is 0 Å². The number of nitrogens with one attached hydrogen (secondary N) is 1. The Labute approximate surface area is 154 Å². The van der Waals surface area contributed by atoms with Crippen LogP contribution in [0.25, 0.3) is 21.9 Å². The highest BCUT2D eigenvalue weighted by Gasteiger charge is 2.45. The van der Waals surface area contributed by atoms with Gasteiger partial charge in [0, 0.05) is 24.3 Å². The van der Waals surface area contributed by atoms with Crippen LogP contribution in [0.5, 0.6) is 5.75 Å². The lowest BCUT2D eigenvalue weighted by molar-refractivity contribution is -0.119. The molecule has 0 atom stereocenters. The summed E-state index contributed by atoms with van der Waals surface area (Å²) in [7, 11) is 1.72. The van der Waals surface area contributed by atoms with Gasteiger partial charge in [-0.1, -0.05) is 42.5 Å². The quantitative estimate of drug-likeness (QED) is 0.729. The lowest BCUT2D eigenvalue weighted by Gasteiger charge is -2.21. The average Bonchev–Trinajstić information content (AvgIpc) is 3.47. The average molecular weight is 345 g/mol. The minimum Gasteiger partial charge on any atom is -0.496 e. The van der Waals surface area contributed by atoms with Gasteiger partial charge in [-0.25, -0.2) is 0 Å². The molecule has 0 aliphatic heterocycles. The Bertz CT molecular complexity index is 959. The zero-order chi connectivity index (χ0) is 18.1. The van der Waals surface area contributed by atoms with Gasteiger partial charge in [0.05, 0.1) is 7.11 Å². The Balaban J connectivity index is 1.92. The smallest absolute Gasteiger partial charge is 0.216 e. The highest BCUT2D eigenvalue weighted by molar-refractivity contribution is 5.96. The first-order valence-corrected chi connectivity index (χ1v) is 9.04. The molecule has 0 bridgehead atoms. The lowest BCUT2D eigenvalue weighted by Crippen LogP contribution is -2.30. The largest absolute Gasteiger partial charge is 0.496 e. The number of carbonyl (C=O) groups excluding carboxylic acids is 1. The molecule has 0 radical (unpaired) electrons. The standard InChI is InChI=1S/C23H23NO2/c1-16(25)24-15-23(11-12-23)21-14-18(17-7-4-3-5-8-17)13-20-19(21)9-6-10-22(20)26-2/h3-10,13-14H,11-12,15H2,1-2H3,(H,24,25). The van der Waals surface area contributed by atoms with Crippen LogP contribution in [0.1, 0.15) is 25.3 Å². The summed E-state index contributed by atoms with van der Waals surface area (Å²) in [6, 6.07) is 21.1. The van der Waals surface area contributed by atoms with Gasteiger partial charge in [-0.3, -0.25) is 4.79 Å². The maximum atomic E-state index is 11.5. The van der Waals surface area contributed by atoms with Crippen LogP contribution < -0.4 is 10.1 Å². The lowest BCUT2D eigenvalue weighted by atomic mass is 9.87. The summed E-state index contributed by atoms with van der Waals surface area (Å²) in [4.78, 5) is 11.5. The summed E-state index contributed by atoms with van der Waals surface area (Å²) < 4.78 is 5.63. The van der Waals surface area contributed by atoms with Crippen LogP contribution in [0.15, 0.2) is 60.7 Å². The van der Waals surface area contributed by atoms with Crippen molar-refractivity contribution in [3.63, 3.8) is 0 Å². The molecule has 0 spiro atoms. The Morgan fingerprint density at radius 1 is 1.00 bits per heavy atom. The molecule has 4 rings (SSSR count). The maximum absolute atomic E-state index is 11.5. The Kier molecular flexibility index (Phi) is 4.15. The van der Waals surface area contributed by atoms with Crippen molar-refractivity contribution < 1.29 is 9.53 Å². The first-order chi connectivity index (χ1) is 12.6. The summed E-state index contributed by atoms with van der Waals surface area (Å²) in [6.07, 6.45) is 2.19. The number of amides is 1. The van der Waals surface area contributed by atoms with E-state index in [1.54, 1.807) is 14.0 Å². The van der Waals surface area contributed by atoms with E-state index in [1.165, 1.54) is 22.1 Å². The van der Waals surface area contributed by atoms with E-state index in [0.717, 1.165) is 24.0 Å². The molecule has 1 fully saturated rings. The highest BCUT2D eigenvalue weighted by Crippen LogP contribution is 2.51. The minimum absolute atomic E-state index is 0.0253. The second-order valence-electron chi connectivity index (χ2n) is 7.14. The minimum atomic E-state index is 0.0253. The van der Waals surface area contributed by atoms with Crippen molar-refractivity contribution in [2.75, 3.05) is 13.7 Å². The molecule has 1 aliphatic rings. The van der Waals surface area contributed by atoms with Crippen molar-refractivity contribution in [2.45, 2.75) is 25.2 Å². The first kappa shape index (κ1) is 16.6. The molecule has 3 aromatic rings. The molecule has 3 aromatic carbocycles. The van der Waals surface area contributed by atoms with Crippen LogP contribution in [-0.4, -0.2) is 19.6 Å². The molecule has 3 heteroatoms. The molecule has 0 aromatic heterocycles. The molecule has 0 saturated heterocycles. The van der Waals surface area contributed by atoms with Crippen molar-refractivity contribution in [3.8, 4) is 16.9 Å². The molecular weight excluding hydrogens is 322 g/mol. The second kappa shape index (κ2) is 6.49. The fraction of sp³-hybridized carbons (Fsp3) is 0.261. The molecule has 3 nitrogen and oxygen atoms in total. The number of benzene rings is 3. The van der Waals surface area contributed by atoms with Crippen LogP contribution in [-0.2, 0) is 10.2 Å². The topological polar surface area (TPSA) is 38.3 Å². The molecule has 26 heavy (non-hydrogen) atoms. The van der Waals surface area contributed by atoms with Crippen molar-refractivity contribution >= 4 is 16.7 Å². The van der Waals surface area contributed by atoms with Crippen molar-refractivity contribution in [2.24, 2.45) is 0 Å². The van der Waals surface area contributed by atoms with Crippen molar-refractivity contribution in [1.82, 2.24) is 5.32 Å². The summed E-state index contributed by atoms with van der Waals surface area (Å²) >= 11 is 0. The number of carbonyl (C=O) groups is 1. The number of rotatable bonds is 5. The zero-order valence-electron chi connectivity index (χ0n) is 15.2. The van der Waals surface area contributed by atoms with E-state index in [2.05, 4.69) is 47.8 Å².